The number of sulfone groups is 1. The van der Waals surface area contributed by atoms with Crippen molar-refractivity contribution in [1.29, 1.82) is 0 Å². The Bertz CT molecular complexity index is 381. The number of rotatable bonds is 4. The van der Waals surface area contributed by atoms with Crippen molar-refractivity contribution in [3.63, 3.8) is 0 Å². The molecule has 4 heteroatoms. The number of ketones is 1. The van der Waals surface area contributed by atoms with Gasteiger partial charge in [-0.1, -0.05) is 20.8 Å². The maximum atomic E-state index is 12.0. The van der Waals surface area contributed by atoms with E-state index < -0.39 is 9.84 Å². The molecule has 1 rings (SSSR count). The smallest absolute Gasteiger partial charge is 0.147 e. The van der Waals surface area contributed by atoms with Crippen LogP contribution in [0.15, 0.2) is 0 Å². The first-order valence-electron chi connectivity index (χ1n) is 6.32. The molecule has 1 saturated carbocycles. The van der Waals surface area contributed by atoms with Crippen molar-refractivity contribution in [2.75, 3.05) is 12.0 Å². The third-order valence-electron chi connectivity index (χ3n) is 3.95. The van der Waals surface area contributed by atoms with Gasteiger partial charge in [0.2, 0.25) is 0 Å². The van der Waals surface area contributed by atoms with Crippen molar-refractivity contribution in [3.8, 4) is 0 Å². The molecule has 17 heavy (non-hydrogen) atoms. The van der Waals surface area contributed by atoms with E-state index in [4.69, 9.17) is 0 Å². The Morgan fingerprint density at radius 2 is 1.88 bits per heavy atom. The minimum Gasteiger partial charge on any atom is -0.299 e. The van der Waals surface area contributed by atoms with Crippen molar-refractivity contribution in [3.05, 3.63) is 0 Å². The van der Waals surface area contributed by atoms with Crippen LogP contribution < -0.4 is 0 Å². The Kier molecular flexibility index (Phi) is 4.39. The molecule has 100 valence electrons. The second-order valence-corrected chi connectivity index (χ2v) is 8.53. The maximum absolute atomic E-state index is 12.0. The number of hydrogen-bond donors (Lipinski definition) is 0. The van der Waals surface area contributed by atoms with Crippen molar-refractivity contribution >= 4 is 15.6 Å². The van der Waals surface area contributed by atoms with Gasteiger partial charge >= 0.3 is 0 Å². The minimum absolute atomic E-state index is 0.0421. The highest BCUT2D eigenvalue weighted by molar-refractivity contribution is 7.90. The molecular formula is C13H24O3S. The third kappa shape index (κ3) is 4.41. The van der Waals surface area contributed by atoms with Crippen molar-refractivity contribution < 1.29 is 13.2 Å². The summed E-state index contributed by atoms with van der Waals surface area (Å²) in [5.41, 5.74) is -0.194. The van der Waals surface area contributed by atoms with Gasteiger partial charge < -0.3 is 0 Å². The van der Waals surface area contributed by atoms with Gasteiger partial charge in [-0.3, -0.25) is 4.79 Å². The van der Waals surface area contributed by atoms with Gasteiger partial charge in [0.25, 0.3) is 0 Å². The van der Waals surface area contributed by atoms with E-state index in [1.54, 1.807) is 0 Å². The molecule has 1 fully saturated rings. The number of carbonyl (C=O) groups is 1. The zero-order valence-electron chi connectivity index (χ0n) is 11.3. The Balaban J connectivity index is 2.66. The molecule has 0 saturated heterocycles. The lowest BCUT2D eigenvalue weighted by molar-refractivity contribution is -0.130. The van der Waals surface area contributed by atoms with Gasteiger partial charge in [-0.05, 0) is 30.6 Å². The van der Waals surface area contributed by atoms with Crippen LogP contribution in [0.3, 0.4) is 0 Å². The molecule has 3 nitrogen and oxygen atoms in total. The van der Waals surface area contributed by atoms with Gasteiger partial charge in [-0.25, -0.2) is 8.42 Å². The molecule has 0 heterocycles. The fraction of sp³-hybridized carbons (Fsp3) is 0.923. The van der Waals surface area contributed by atoms with Crippen LogP contribution in [0.4, 0.5) is 0 Å². The zero-order valence-corrected chi connectivity index (χ0v) is 12.1. The van der Waals surface area contributed by atoms with Crippen LogP contribution in [0.5, 0.6) is 0 Å². The van der Waals surface area contributed by atoms with Crippen molar-refractivity contribution in [1.82, 2.24) is 0 Å². The van der Waals surface area contributed by atoms with E-state index >= 15 is 0 Å². The molecule has 0 aromatic carbocycles. The van der Waals surface area contributed by atoms with Gasteiger partial charge in [0.05, 0.1) is 5.75 Å². The summed E-state index contributed by atoms with van der Waals surface area (Å²) in [6.07, 6.45) is 4.49. The monoisotopic (exact) mass is 260 g/mol. The summed E-state index contributed by atoms with van der Waals surface area (Å²) in [6.45, 7) is 6.16. The van der Waals surface area contributed by atoms with E-state index in [2.05, 4.69) is 6.92 Å². The van der Waals surface area contributed by atoms with E-state index in [0.717, 1.165) is 12.8 Å². The molecule has 2 unspecified atom stereocenters. The number of hydrogen-bond acceptors (Lipinski definition) is 3. The highest BCUT2D eigenvalue weighted by Gasteiger charge is 2.38. The summed E-state index contributed by atoms with van der Waals surface area (Å²) in [5.74, 6) is 1.03. The Morgan fingerprint density at radius 1 is 1.29 bits per heavy atom. The summed E-state index contributed by atoms with van der Waals surface area (Å²) < 4.78 is 22.4. The molecular weight excluding hydrogens is 236 g/mol. The van der Waals surface area contributed by atoms with Crippen LogP contribution in [-0.4, -0.2) is 26.2 Å². The average molecular weight is 260 g/mol. The second-order valence-electron chi connectivity index (χ2n) is 6.27. The molecule has 1 aliphatic rings. The van der Waals surface area contributed by atoms with Crippen LogP contribution in [-0.2, 0) is 14.6 Å². The quantitative estimate of drug-likeness (QED) is 0.780. The highest BCUT2D eigenvalue weighted by Crippen LogP contribution is 2.40. The summed E-state index contributed by atoms with van der Waals surface area (Å²) >= 11 is 0. The lowest BCUT2D eigenvalue weighted by atomic mass is 9.67. The fourth-order valence-electron chi connectivity index (χ4n) is 2.65. The van der Waals surface area contributed by atoms with E-state index in [9.17, 15) is 13.2 Å². The zero-order chi connectivity index (χ0) is 13.3. The van der Waals surface area contributed by atoms with Crippen LogP contribution >= 0.6 is 0 Å². The van der Waals surface area contributed by atoms with Gasteiger partial charge in [-0.15, -0.1) is 0 Å². The van der Waals surface area contributed by atoms with E-state index in [1.807, 2.05) is 13.8 Å². The Morgan fingerprint density at radius 3 is 2.35 bits per heavy atom. The summed E-state index contributed by atoms with van der Waals surface area (Å²) in [6, 6.07) is 0. The number of Topliss-reactive ketones (excluding diaryl/α,β-unsaturated/α-hetero) is 1. The van der Waals surface area contributed by atoms with Gasteiger partial charge in [0.1, 0.15) is 15.6 Å². The normalized spacial score (nSPS) is 27.2. The largest absolute Gasteiger partial charge is 0.299 e. The standard InChI is InChI=1S/C13H24O3S/c1-10-5-6-11(12(14)9-10)13(2,3)7-8-17(4,15)16/h10-11H,5-9H2,1-4H3. The Labute approximate surface area is 105 Å². The molecule has 0 bridgehead atoms. The molecule has 0 radical (unpaired) electrons. The molecule has 0 N–H and O–H groups in total. The summed E-state index contributed by atoms with van der Waals surface area (Å²) in [7, 11) is -2.94. The molecule has 0 amide bonds. The lowest BCUT2D eigenvalue weighted by Gasteiger charge is -2.37. The average Bonchev–Trinajstić information content (AvgIpc) is 2.13. The SMILES string of the molecule is CC1CCC(C(C)(C)CCS(C)(=O)=O)C(=O)C1. The first-order chi connectivity index (χ1) is 7.62. The molecule has 0 aliphatic heterocycles. The van der Waals surface area contributed by atoms with E-state index in [1.165, 1.54) is 6.26 Å². The minimum atomic E-state index is -2.94. The van der Waals surface area contributed by atoms with Gasteiger partial charge in [-0.2, -0.15) is 0 Å². The highest BCUT2D eigenvalue weighted by atomic mass is 32.2. The second kappa shape index (κ2) is 5.09. The predicted molar refractivity (Wildman–Crippen MR) is 69.6 cm³/mol. The van der Waals surface area contributed by atoms with Gasteiger partial charge in [0.15, 0.2) is 0 Å². The first kappa shape index (κ1) is 14.7. The van der Waals surface area contributed by atoms with Crippen LogP contribution in [0.2, 0.25) is 0 Å². The summed E-state index contributed by atoms with van der Waals surface area (Å²) in [4.78, 5) is 12.0. The van der Waals surface area contributed by atoms with Crippen molar-refractivity contribution in [2.24, 2.45) is 17.3 Å². The Hall–Kier alpha value is -0.380. The first-order valence-corrected chi connectivity index (χ1v) is 8.38. The summed E-state index contributed by atoms with van der Waals surface area (Å²) in [5, 5.41) is 0. The topological polar surface area (TPSA) is 51.2 Å². The number of carbonyl (C=O) groups excluding carboxylic acids is 1. The maximum Gasteiger partial charge on any atom is 0.147 e. The fourth-order valence-corrected chi connectivity index (χ4v) is 3.55. The molecule has 1 aliphatic carbocycles. The van der Waals surface area contributed by atoms with E-state index in [0.29, 0.717) is 24.5 Å². The van der Waals surface area contributed by atoms with Crippen LogP contribution in [0.1, 0.15) is 46.5 Å². The third-order valence-corrected chi connectivity index (χ3v) is 4.89. The predicted octanol–water partition coefficient (Wildman–Crippen LogP) is 2.45. The van der Waals surface area contributed by atoms with E-state index in [-0.39, 0.29) is 17.1 Å². The van der Waals surface area contributed by atoms with Crippen molar-refractivity contribution in [2.45, 2.75) is 46.5 Å². The molecule has 2 atom stereocenters. The molecule has 0 aromatic heterocycles. The van der Waals surface area contributed by atoms with Crippen LogP contribution in [0, 0.1) is 17.3 Å². The molecule has 0 aromatic rings. The van der Waals surface area contributed by atoms with Gasteiger partial charge in [0, 0.05) is 18.6 Å². The molecule has 0 spiro atoms. The van der Waals surface area contributed by atoms with Crippen LogP contribution in [0.25, 0.3) is 0 Å². The lowest BCUT2D eigenvalue weighted by Crippen LogP contribution is -2.36.